The fraction of sp³-hybridized carbons (Fsp3) is 0.167. The molecule has 2 aromatic carbocycles. The van der Waals surface area contributed by atoms with Crippen LogP contribution in [0.5, 0.6) is 5.75 Å². The highest BCUT2D eigenvalue weighted by Gasteiger charge is 2.15. The van der Waals surface area contributed by atoms with Gasteiger partial charge in [-0.15, -0.1) is 0 Å². The Bertz CT molecular complexity index is 1400. The predicted molar refractivity (Wildman–Crippen MR) is 126 cm³/mol. The number of ether oxygens (including phenoxy) is 1. The average molecular weight is 445 g/mol. The van der Waals surface area contributed by atoms with Gasteiger partial charge in [0.2, 0.25) is 0 Å². The number of nitrogens with one attached hydrogen (secondary N) is 1. The Morgan fingerprint density at radius 3 is 2.72 bits per heavy atom. The van der Waals surface area contributed by atoms with Crippen LogP contribution in [0.4, 0.5) is 5.82 Å². The summed E-state index contributed by atoms with van der Waals surface area (Å²) in [5.74, 6) is 1.50. The number of aromatic nitrogens is 5. The summed E-state index contributed by atoms with van der Waals surface area (Å²) in [7, 11) is 1.66. The minimum atomic E-state index is -0.0804. The smallest absolute Gasteiger partial charge is 0.165 e. The van der Waals surface area contributed by atoms with Crippen molar-refractivity contribution in [3.63, 3.8) is 0 Å². The lowest BCUT2D eigenvalue weighted by Gasteiger charge is -2.15. The summed E-state index contributed by atoms with van der Waals surface area (Å²) in [6.45, 7) is 2.69. The SMILES string of the molecule is COc1ccc(Cn2cnc3c(NC(C)c4cc5cccc(Cl)c5cn4)ncnc32)cc1. The van der Waals surface area contributed by atoms with Gasteiger partial charge >= 0.3 is 0 Å². The lowest BCUT2D eigenvalue weighted by Crippen LogP contribution is -2.10. The summed E-state index contributed by atoms with van der Waals surface area (Å²) >= 11 is 6.27. The number of pyridine rings is 1. The fourth-order valence-corrected chi connectivity index (χ4v) is 3.93. The molecule has 0 fully saturated rings. The van der Waals surface area contributed by atoms with E-state index in [0.717, 1.165) is 38.9 Å². The first-order valence-electron chi connectivity index (χ1n) is 10.2. The van der Waals surface area contributed by atoms with E-state index in [1.807, 2.05) is 66.2 Å². The van der Waals surface area contributed by atoms with Crippen molar-refractivity contribution < 1.29 is 4.74 Å². The normalized spacial score (nSPS) is 12.2. The van der Waals surface area contributed by atoms with Crippen LogP contribution in [-0.2, 0) is 6.54 Å². The number of hydrogen-bond donors (Lipinski definition) is 1. The molecule has 5 aromatic rings. The number of anilines is 1. The molecule has 1 unspecified atom stereocenters. The summed E-state index contributed by atoms with van der Waals surface area (Å²) in [6.07, 6.45) is 5.15. The number of rotatable bonds is 6. The van der Waals surface area contributed by atoms with Gasteiger partial charge in [-0.2, -0.15) is 0 Å². The zero-order valence-electron chi connectivity index (χ0n) is 17.7. The van der Waals surface area contributed by atoms with Gasteiger partial charge in [0.1, 0.15) is 17.6 Å². The first kappa shape index (κ1) is 20.2. The maximum Gasteiger partial charge on any atom is 0.165 e. The molecule has 8 heteroatoms. The Labute approximate surface area is 190 Å². The predicted octanol–water partition coefficient (Wildman–Crippen LogP) is 5.26. The van der Waals surface area contributed by atoms with Crippen molar-refractivity contribution in [1.29, 1.82) is 0 Å². The quantitative estimate of drug-likeness (QED) is 0.385. The van der Waals surface area contributed by atoms with Gasteiger partial charge < -0.3 is 14.6 Å². The average Bonchev–Trinajstić information content (AvgIpc) is 3.23. The first-order valence-corrected chi connectivity index (χ1v) is 10.6. The van der Waals surface area contributed by atoms with Crippen LogP contribution in [0.15, 0.2) is 67.4 Å². The molecule has 3 heterocycles. The van der Waals surface area contributed by atoms with Gasteiger partial charge in [-0.25, -0.2) is 15.0 Å². The van der Waals surface area contributed by atoms with Crippen LogP contribution >= 0.6 is 11.6 Å². The third-order valence-electron chi connectivity index (χ3n) is 5.44. The number of hydrogen-bond acceptors (Lipinski definition) is 6. The largest absolute Gasteiger partial charge is 0.497 e. The molecule has 3 aromatic heterocycles. The summed E-state index contributed by atoms with van der Waals surface area (Å²) < 4.78 is 7.24. The van der Waals surface area contributed by atoms with E-state index in [9.17, 15) is 0 Å². The molecular weight excluding hydrogens is 424 g/mol. The van der Waals surface area contributed by atoms with Crippen molar-refractivity contribution >= 4 is 39.4 Å². The Kier molecular flexibility index (Phi) is 5.33. The van der Waals surface area contributed by atoms with E-state index in [4.69, 9.17) is 16.3 Å². The van der Waals surface area contributed by atoms with E-state index in [1.165, 1.54) is 0 Å². The third-order valence-corrected chi connectivity index (χ3v) is 5.77. The highest BCUT2D eigenvalue weighted by atomic mass is 35.5. The maximum absolute atomic E-state index is 6.27. The topological polar surface area (TPSA) is 77.8 Å². The monoisotopic (exact) mass is 444 g/mol. The van der Waals surface area contributed by atoms with Crippen molar-refractivity contribution in [2.45, 2.75) is 19.5 Å². The van der Waals surface area contributed by atoms with E-state index in [-0.39, 0.29) is 6.04 Å². The maximum atomic E-state index is 6.27. The van der Waals surface area contributed by atoms with Gasteiger partial charge in [0.05, 0.1) is 31.7 Å². The van der Waals surface area contributed by atoms with Crippen LogP contribution < -0.4 is 10.1 Å². The lowest BCUT2D eigenvalue weighted by molar-refractivity contribution is 0.414. The van der Waals surface area contributed by atoms with Gasteiger partial charge in [0.15, 0.2) is 11.5 Å². The molecule has 5 rings (SSSR count). The van der Waals surface area contributed by atoms with Crippen LogP contribution in [0.2, 0.25) is 5.02 Å². The molecule has 0 amide bonds. The second kappa shape index (κ2) is 8.43. The Balaban J connectivity index is 1.41. The Morgan fingerprint density at radius 2 is 1.91 bits per heavy atom. The van der Waals surface area contributed by atoms with Gasteiger partial charge in [-0.1, -0.05) is 35.9 Å². The zero-order chi connectivity index (χ0) is 22.1. The highest BCUT2D eigenvalue weighted by molar-refractivity contribution is 6.35. The van der Waals surface area contributed by atoms with E-state index >= 15 is 0 Å². The van der Waals surface area contributed by atoms with Crippen molar-refractivity contribution in [3.8, 4) is 5.75 Å². The molecule has 0 aliphatic heterocycles. The summed E-state index contributed by atoms with van der Waals surface area (Å²) in [5, 5.41) is 6.12. The Hall–Kier alpha value is -3.71. The Morgan fingerprint density at radius 1 is 1.06 bits per heavy atom. The molecule has 1 atom stereocenters. The summed E-state index contributed by atoms with van der Waals surface area (Å²) in [6, 6.07) is 15.8. The standard InChI is InChI=1S/C24H21ClN6O/c1-15(21-10-17-4-3-5-20(25)19(17)11-26-21)30-23-22-24(28-13-27-23)31(14-29-22)12-16-6-8-18(32-2)9-7-16/h3-11,13-15H,12H2,1-2H3,(H,27,28,30). The number of fused-ring (bicyclic) bond motifs is 2. The van der Waals surface area contributed by atoms with Crippen molar-refractivity contribution in [3.05, 3.63) is 83.7 Å². The molecule has 0 bridgehead atoms. The van der Waals surface area contributed by atoms with E-state index in [0.29, 0.717) is 17.4 Å². The number of nitrogens with zero attached hydrogens (tertiary/aromatic N) is 5. The van der Waals surface area contributed by atoms with Crippen molar-refractivity contribution in [2.75, 3.05) is 12.4 Å². The van der Waals surface area contributed by atoms with Gasteiger partial charge in [0, 0.05) is 16.6 Å². The van der Waals surface area contributed by atoms with Gasteiger partial charge in [-0.3, -0.25) is 4.98 Å². The van der Waals surface area contributed by atoms with E-state index in [1.54, 1.807) is 19.8 Å². The minimum Gasteiger partial charge on any atom is -0.497 e. The molecule has 0 saturated carbocycles. The lowest BCUT2D eigenvalue weighted by atomic mass is 10.1. The first-order chi connectivity index (χ1) is 15.6. The number of methoxy groups -OCH3 is 1. The number of benzene rings is 2. The highest BCUT2D eigenvalue weighted by Crippen LogP contribution is 2.27. The molecule has 0 saturated heterocycles. The molecule has 0 radical (unpaired) electrons. The summed E-state index contributed by atoms with van der Waals surface area (Å²) in [4.78, 5) is 18.0. The van der Waals surface area contributed by atoms with Crippen LogP contribution in [0.3, 0.4) is 0 Å². The van der Waals surface area contributed by atoms with Crippen molar-refractivity contribution in [1.82, 2.24) is 24.5 Å². The zero-order valence-corrected chi connectivity index (χ0v) is 18.4. The van der Waals surface area contributed by atoms with Crippen molar-refractivity contribution in [2.24, 2.45) is 0 Å². The molecule has 1 N–H and O–H groups in total. The molecule has 7 nitrogen and oxygen atoms in total. The molecule has 0 aliphatic rings. The third kappa shape index (κ3) is 3.83. The van der Waals surface area contributed by atoms with Gasteiger partial charge in [-0.05, 0) is 42.1 Å². The molecule has 0 spiro atoms. The molecule has 32 heavy (non-hydrogen) atoms. The van der Waals surface area contributed by atoms with E-state index < -0.39 is 0 Å². The van der Waals surface area contributed by atoms with Crippen LogP contribution in [0.25, 0.3) is 21.9 Å². The fourth-order valence-electron chi connectivity index (χ4n) is 3.70. The number of imidazole rings is 1. The van der Waals surface area contributed by atoms with Crippen LogP contribution in [0.1, 0.15) is 24.2 Å². The van der Waals surface area contributed by atoms with E-state index in [2.05, 4.69) is 25.3 Å². The second-order valence-electron chi connectivity index (χ2n) is 7.55. The van der Waals surface area contributed by atoms with Crippen LogP contribution in [0, 0.1) is 0 Å². The minimum absolute atomic E-state index is 0.0804. The molecule has 160 valence electrons. The summed E-state index contributed by atoms with van der Waals surface area (Å²) in [5.41, 5.74) is 3.51. The molecule has 0 aliphatic carbocycles. The van der Waals surface area contributed by atoms with Crippen LogP contribution in [-0.4, -0.2) is 31.6 Å². The number of halogens is 1. The van der Waals surface area contributed by atoms with Gasteiger partial charge in [0.25, 0.3) is 0 Å². The second-order valence-corrected chi connectivity index (χ2v) is 7.96. The molecular formula is C24H21ClN6O.